The fourth-order valence-electron chi connectivity index (χ4n) is 2.05. The van der Waals surface area contributed by atoms with Gasteiger partial charge in [-0.25, -0.2) is 4.79 Å². The summed E-state index contributed by atoms with van der Waals surface area (Å²) in [4.78, 5) is 17.2. The van der Waals surface area contributed by atoms with Crippen LogP contribution in [0.4, 0.5) is 0 Å². The molecule has 0 radical (unpaired) electrons. The number of hydrogen-bond acceptors (Lipinski definition) is 1. The molecule has 0 amide bonds. The van der Waals surface area contributed by atoms with E-state index in [0.29, 0.717) is 10.0 Å². The Labute approximate surface area is 125 Å². The summed E-state index contributed by atoms with van der Waals surface area (Å²) in [6, 6.07) is 14.6. The Kier molecular flexibility index (Phi) is 3.38. The summed E-state index contributed by atoms with van der Waals surface area (Å²) < 4.78 is 0. The highest BCUT2D eigenvalue weighted by molar-refractivity contribution is 6.31. The van der Waals surface area contributed by atoms with Crippen molar-refractivity contribution >= 4 is 23.2 Å². The second kappa shape index (κ2) is 5.19. The van der Waals surface area contributed by atoms with Gasteiger partial charge in [0, 0.05) is 21.2 Å². The molecule has 2 aromatic carbocycles. The van der Waals surface area contributed by atoms with E-state index in [1.165, 1.54) is 0 Å². The molecule has 3 aromatic rings. The highest BCUT2D eigenvalue weighted by Gasteiger charge is 2.11. The number of hydrogen-bond donors (Lipinski definition) is 2. The first kappa shape index (κ1) is 13.0. The Balaban J connectivity index is 2.15. The number of aromatic amines is 2. The van der Waals surface area contributed by atoms with E-state index in [4.69, 9.17) is 23.2 Å². The van der Waals surface area contributed by atoms with E-state index in [1.54, 1.807) is 24.3 Å². The lowest BCUT2D eigenvalue weighted by molar-refractivity contribution is 1.19. The maximum Gasteiger partial charge on any atom is 0.323 e. The first-order valence-electron chi connectivity index (χ1n) is 5.97. The third-order valence-corrected chi connectivity index (χ3v) is 3.50. The molecule has 2 N–H and O–H groups in total. The fraction of sp³-hybridized carbons (Fsp3) is 0. The molecule has 1 heterocycles. The largest absolute Gasteiger partial charge is 0.323 e. The van der Waals surface area contributed by atoms with E-state index in [-0.39, 0.29) is 5.69 Å². The smallest absolute Gasteiger partial charge is 0.305 e. The van der Waals surface area contributed by atoms with Crippen LogP contribution in [0.25, 0.3) is 22.5 Å². The van der Waals surface area contributed by atoms with Gasteiger partial charge in [-0.3, -0.25) is 0 Å². The van der Waals surface area contributed by atoms with Crippen molar-refractivity contribution in [3.8, 4) is 22.5 Å². The Morgan fingerprint density at radius 2 is 1.00 bits per heavy atom. The minimum absolute atomic E-state index is 0.250. The SMILES string of the molecule is O=c1[nH]c(-c2ccc(Cl)cc2)c(-c2ccc(Cl)cc2)[nH]1. The van der Waals surface area contributed by atoms with Crippen LogP contribution in [0.2, 0.25) is 10.0 Å². The predicted molar refractivity (Wildman–Crippen MR) is 82.3 cm³/mol. The Morgan fingerprint density at radius 1 is 0.650 bits per heavy atom. The van der Waals surface area contributed by atoms with E-state index < -0.39 is 0 Å². The van der Waals surface area contributed by atoms with Crippen LogP contribution < -0.4 is 5.69 Å². The number of rotatable bonds is 2. The van der Waals surface area contributed by atoms with Gasteiger partial charge in [0.25, 0.3) is 0 Å². The van der Waals surface area contributed by atoms with E-state index in [0.717, 1.165) is 22.5 Å². The summed E-state index contributed by atoms with van der Waals surface area (Å²) in [5.74, 6) is 0. The molecule has 0 saturated carbocycles. The van der Waals surface area contributed by atoms with Crippen LogP contribution in [0.3, 0.4) is 0 Å². The normalized spacial score (nSPS) is 10.7. The number of H-pyrrole nitrogens is 2. The van der Waals surface area contributed by atoms with Crippen LogP contribution in [-0.4, -0.2) is 9.97 Å². The van der Waals surface area contributed by atoms with Crippen LogP contribution in [0.1, 0.15) is 0 Å². The molecule has 0 atom stereocenters. The second-order valence-corrected chi connectivity index (χ2v) is 5.22. The first-order chi connectivity index (χ1) is 9.63. The van der Waals surface area contributed by atoms with Crippen molar-refractivity contribution in [1.82, 2.24) is 9.97 Å². The van der Waals surface area contributed by atoms with E-state index in [9.17, 15) is 4.79 Å². The van der Waals surface area contributed by atoms with Gasteiger partial charge in [-0.1, -0.05) is 47.5 Å². The van der Waals surface area contributed by atoms with Crippen molar-refractivity contribution in [1.29, 1.82) is 0 Å². The average molecular weight is 305 g/mol. The molecule has 0 spiro atoms. The topological polar surface area (TPSA) is 48.6 Å². The maximum absolute atomic E-state index is 11.6. The van der Waals surface area contributed by atoms with E-state index in [1.807, 2.05) is 24.3 Å². The van der Waals surface area contributed by atoms with Crippen molar-refractivity contribution in [3.63, 3.8) is 0 Å². The second-order valence-electron chi connectivity index (χ2n) is 4.34. The standard InChI is InChI=1S/C15H10Cl2N2O/c16-11-5-1-9(2-6-11)13-14(19-15(20)18-13)10-3-7-12(17)8-4-10/h1-8H,(H2,18,19,20). The highest BCUT2D eigenvalue weighted by Crippen LogP contribution is 2.29. The lowest BCUT2D eigenvalue weighted by Gasteiger charge is -2.04. The number of imidazole rings is 1. The van der Waals surface area contributed by atoms with Gasteiger partial charge in [0.15, 0.2) is 0 Å². The minimum Gasteiger partial charge on any atom is -0.305 e. The highest BCUT2D eigenvalue weighted by atomic mass is 35.5. The Bertz CT molecular complexity index is 720. The molecule has 5 heteroatoms. The molecule has 3 rings (SSSR count). The van der Waals surface area contributed by atoms with Crippen LogP contribution in [0, 0.1) is 0 Å². The van der Waals surface area contributed by atoms with Gasteiger partial charge < -0.3 is 9.97 Å². The fourth-order valence-corrected chi connectivity index (χ4v) is 2.30. The number of halogens is 2. The summed E-state index contributed by atoms with van der Waals surface area (Å²) in [5.41, 5.74) is 2.98. The average Bonchev–Trinajstić information content (AvgIpc) is 2.82. The first-order valence-corrected chi connectivity index (χ1v) is 6.73. The summed E-state index contributed by atoms with van der Waals surface area (Å²) in [6.07, 6.45) is 0. The van der Waals surface area contributed by atoms with Crippen LogP contribution >= 0.6 is 23.2 Å². The van der Waals surface area contributed by atoms with Gasteiger partial charge in [0.1, 0.15) is 0 Å². The molecule has 3 nitrogen and oxygen atoms in total. The van der Waals surface area contributed by atoms with Crippen molar-refractivity contribution in [3.05, 3.63) is 69.1 Å². The molecular formula is C15H10Cl2N2O. The maximum atomic E-state index is 11.6. The summed E-state index contributed by atoms with van der Waals surface area (Å²) in [5, 5.41) is 1.30. The third-order valence-electron chi connectivity index (χ3n) is 2.99. The van der Waals surface area contributed by atoms with Gasteiger partial charge >= 0.3 is 5.69 Å². The number of benzene rings is 2. The minimum atomic E-state index is -0.250. The van der Waals surface area contributed by atoms with Crippen LogP contribution in [0.15, 0.2) is 53.3 Å². The molecule has 0 aliphatic carbocycles. The summed E-state index contributed by atoms with van der Waals surface area (Å²) >= 11 is 11.8. The predicted octanol–water partition coefficient (Wildman–Crippen LogP) is 4.34. The molecule has 0 saturated heterocycles. The molecule has 20 heavy (non-hydrogen) atoms. The van der Waals surface area contributed by atoms with Gasteiger partial charge in [-0.15, -0.1) is 0 Å². The molecule has 0 aliphatic rings. The zero-order chi connectivity index (χ0) is 14.1. The van der Waals surface area contributed by atoms with Crippen molar-refractivity contribution in [2.24, 2.45) is 0 Å². The lowest BCUT2D eigenvalue weighted by Crippen LogP contribution is -2.00. The van der Waals surface area contributed by atoms with Crippen molar-refractivity contribution in [2.75, 3.05) is 0 Å². The van der Waals surface area contributed by atoms with Gasteiger partial charge in [0.05, 0.1) is 11.4 Å². The molecule has 1 aromatic heterocycles. The van der Waals surface area contributed by atoms with E-state index >= 15 is 0 Å². The molecule has 0 unspecified atom stereocenters. The molecular weight excluding hydrogens is 295 g/mol. The number of nitrogens with one attached hydrogen (secondary N) is 2. The van der Waals surface area contributed by atoms with Crippen LogP contribution in [-0.2, 0) is 0 Å². The van der Waals surface area contributed by atoms with Gasteiger partial charge in [-0.2, -0.15) is 0 Å². The molecule has 0 bridgehead atoms. The molecule has 0 fully saturated rings. The van der Waals surface area contributed by atoms with Crippen molar-refractivity contribution < 1.29 is 0 Å². The Morgan fingerprint density at radius 3 is 1.35 bits per heavy atom. The van der Waals surface area contributed by atoms with Crippen molar-refractivity contribution in [2.45, 2.75) is 0 Å². The zero-order valence-electron chi connectivity index (χ0n) is 10.3. The quantitative estimate of drug-likeness (QED) is 0.727. The van der Waals surface area contributed by atoms with E-state index in [2.05, 4.69) is 9.97 Å². The van der Waals surface area contributed by atoms with Gasteiger partial charge in [0.2, 0.25) is 0 Å². The monoisotopic (exact) mass is 304 g/mol. The van der Waals surface area contributed by atoms with Crippen LogP contribution in [0.5, 0.6) is 0 Å². The molecule has 100 valence electrons. The summed E-state index contributed by atoms with van der Waals surface area (Å²) in [7, 11) is 0. The number of aromatic nitrogens is 2. The molecule has 0 aliphatic heterocycles. The van der Waals surface area contributed by atoms with Gasteiger partial charge in [-0.05, 0) is 24.3 Å². The zero-order valence-corrected chi connectivity index (χ0v) is 11.8. The Hall–Kier alpha value is -1.97. The summed E-state index contributed by atoms with van der Waals surface area (Å²) in [6.45, 7) is 0. The lowest BCUT2D eigenvalue weighted by atomic mass is 10.1. The third kappa shape index (κ3) is 2.50.